The molecule has 0 radical (unpaired) electrons. The van der Waals surface area contributed by atoms with Crippen LogP contribution in [0.15, 0.2) is 0 Å². The van der Waals surface area contributed by atoms with E-state index >= 15 is 0 Å². The van der Waals surface area contributed by atoms with Crippen molar-refractivity contribution in [2.24, 2.45) is 23.5 Å². The molecule has 0 aromatic heterocycles. The Bertz CT molecular complexity index is 215. The third-order valence-corrected chi connectivity index (χ3v) is 3.16. The van der Waals surface area contributed by atoms with Gasteiger partial charge in [0.05, 0.1) is 6.04 Å². The maximum atomic E-state index is 11.8. The minimum absolute atomic E-state index is 0.0825. The summed E-state index contributed by atoms with van der Waals surface area (Å²) < 4.78 is 0. The summed E-state index contributed by atoms with van der Waals surface area (Å²) >= 11 is 0. The second kappa shape index (κ2) is 4.30. The molecule has 0 spiro atoms. The molecule has 82 valence electrons. The van der Waals surface area contributed by atoms with Gasteiger partial charge in [-0.15, -0.1) is 0 Å². The molecule has 3 heteroatoms. The van der Waals surface area contributed by atoms with Gasteiger partial charge in [-0.3, -0.25) is 4.79 Å². The Hall–Kier alpha value is -0.570. The number of likely N-dealkylation sites (N-methyl/N-ethyl adjacent to an activating group) is 1. The fraction of sp³-hybridized carbons (Fsp3) is 0.909. The molecule has 1 rings (SSSR count). The number of hydrogen-bond donors (Lipinski definition) is 1. The highest BCUT2D eigenvalue weighted by Crippen LogP contribution is 2.38. The quantitative estimate of drug-likeness (QED) is 0.735. The summed E-state index contributed by atoms with van der Waals surface area (Å²) in [6.07, 6.45) is 1.26. The molecule has 3 nitrogen and oxygen atoms in total. The zero-order chi connectivity index (χ0) is 10.9. The van der Waals surface area contributed by atoms with Gasteiger partial charge in [-0.25, -0.2) is 0 Å². The molecule has 0 aliphatic heterocycles. The first-order chi connectivity index (χ1) is 6.43. The smallest absolute Gasteiger partial charge is 0.239 e. The van der Waals surface area contributed by atoms with Gasteiger partial charge in [-0.05, 0) is 24.2 Å². The van der Waals surface area contributed by atoms with Gasteiger partial charge in [0.25, 0.3) is 0 Å². The van der Waals surface area contributed by atoms with Gasteiger partial charge in [-0.2, -0.15) is 0 Å². The van der Waals surface area contributed by atoms with Crippen molar-refractivity contribution in [3.8, 4) is 0 Å². The summed E-state index contributed by atoms with van der Waals surface area (Å²) in [6.45, 7) is 7.07. The molecule has 0 saturated heterocycles. The third-order valence-electron chi connectivity index (χ3n) is 3.16. The molecular weight excluding hydrogens is 176 g/mol. The van der Waals surface area contributed by atoms with E-state index in [4.69, 9.17) is 5.73 Å². The van der Waals surface area contributed by atoms with Crippen molar-refractivity contribution >= 4 is 5.91 Å². The molecule has 14 heavy (non-hydrogen) atoms. The van der Waals surface area contributed by atoms with Crippen molar-refractivity contribution in [3.63, 3.8) is 0 Å². The minimum Gasteiger partial charge on any atom is -0.344 e. The summed E-state index contributed by atoms with van der Waals surface area (Å²) in [5.41, 5.74) is 5.80. The molecule has 2 unspecified atom stereocenters. The van der Waals surface area contributed by atoms with Crippen molar-refractivity contribution in [1.29, 1.82) is 0 Å². The monoisotopic (exact) mass is 198 g/mol. The van der Waals surface area contributed by atoms with Gasteiger partial charge < -0.3 is 10.6 Å². The average Bonchev–Trinajstić information content (AvgIpc) is 2.78. The Balaban J connectivity index is 2.36. The topological polar surface area (TPSA) is 46.3 Å². The number of carbonyl (C=O) groups is 1. The Labute approximate surface area is 86.6 Å². The van der Waals surface area contributed by atoms with Crippen LogP contribution in [-0.2, 0) is 4.79 Å². The largest absolute Gasteiger partial charge is 0.344 e. The number of nitrogens with two attached hydrogens (primary N) is 1. The van der Waals surface area contributed by atoms with E-state index in [1.807, 2.05) is 20.9 Å². The molecule has 1 aliphatic rings. The minimum atomic E-state index is -0.339. The standard InChI is InChI=1S/C11H22N2O/c1-7(2)10(12)11(14)13(4)6-9-5-8(9)3/h7-10H,5-6,12H2,1-4H3/t8?,9?,10-/m0/s1. The molecule has 0 bridgehead atoms. The number of carbonyl (C=O) groups excluding carboxylic acids is 1. The SMILES string of the molecule is CC1CC1CN(C)C(=O)[C@@H](N)C(C)C. The molecule has 0 aromatic carbocycles. The molecule has 0 heterocycles. The van der Waals surface area contributed by atoms with Crippen LogP contribution in [0.5, 0.6) is 0 Å². The van der Waals surface area contributed by atoms with E-state index in [0.717, 1.165) is 12.5 Å². The van der Waals surface area contributed by atoms with Crippen LogP contribution in [0.25, 0.3) is 0 Å². The van der Waals surface area contributed by atoms with Crippen LogP contribution in [0.2, 0.25) is 0 Å². The van der Waals surface area contributed by atoms with Crippen LogP contribution in [0.1, 0.15) is 27.2 Å². The number of nitrogens with zero attached hydrogens (tertiary/aromatic N) is 1. The molecular formula is C11H22N2O. The average molecular weight is 198 g/mol. The van der Waals surface area contributed by atoms with Crippen molar-refractivity contribution in [2.45, 2.75) is 33.2 Å². The maximum absolute atomic E-state index is 11.8. The predicted molar refractivity (Wildman–Crippen MR) is 57.7 cm³/mol. The van der Waals surface area contributed by atoms with Crippen molar-refractivity contribution in [1.82, 2.24) is 4.90 Å². The number of hydrogen-bond acceptors (Lipinski definition) is 2. The second-order valence-electron chi connectivity index (χ2n) is 4.96. The Morgan fingerprint density at radius 2 is 2.07 bits per heavy atom. The molecule has 1 amide bonds. The van der Waals surface area contributed by atoms with E-state index in [9.17, 15) is 4.79 Å². The zero-order valence-corrected chi connectivity index (χ0v) is 9.66. The summed E-state index contributed by atoms with van der Waals surface area (Å²) in [5, 5.41) is 0. The van der Waals surface area contributed by atoms with Crippen molar-refractivity contribution in [3.05, 3.63) is 0 Å². The zero-order valence-electron chi connectivity index (χ0n) is 9.66. The van der Waals surface area contributed by atoms with E-state index < -0.39 is 0 Å². The van der Waals surface area contributed by atoms with Gasteiger partial charge in [0.2, 0.25) is 5.91 Å². The summed E-state index contributed by atoms with van der Waals surface area (Å²) in [6, 6.07) is -0.339. The summed E-state index contributed by atoms with van der Waals surface area (Å²) in [7, 11) is 1.86. The third kappa shape index (κ3) is 2.71. The van der Waals surface area contributed by atoms with Gasteiger partial charge in [-0.1, -0.05) is 20.8 Å². The van der Waals surface area contributed by atoms with Gasteiger partial charge in [0.15, 0.2) is 0 Å². The molecule has 1 aliphatic carbocycles. The normalized spacial score (nSPS) is 27.6. The lowest BCUT2D eigenvalue weighted by atomic mass is 10.0. The number of amides is 1. The maximum Gasteiger partial charge on any atom is 0.239 e. The van der Waals surface area contributed by atoms with Crippen LogP contribution in [0.3, 0.4) is 0 Å². The lowest BCUT2D eigenvalue weighted by molar-refractivity contribution is -0.132. The summed E-state index contributed by atoms with van der Waals surface area (Å²) in [4.78, 5) is 13.5. The van der Waals surface area contributed by atoms with Crippen LogP contribution < -0.4 is 5.73 Å². The highest BCUT2D eigenvalue weighted by Gasteiger charge is 2.35. The van der Waals surface area contributed by atoms with Gasteiger partial charge in [0.1, 0.15) is 0 Å². The van der Waals surface area contributed by atoms with Crippen LogP contribution in [0, 0.1) is 17.8 Å². The molecule has 3 atom stereocenters. The Morgan fingerprint density at radius 1 is 1.57 bits per heavy atom. The fourth-order valence-corrected chi connectivity index (χ4v) is 1.63. The first-order valence-electron chi connectivity index (χ1n) is 5.44. The number of rotatable bonds is 4. The summed E-state index contributed by atoms with van der Waals surface area (Å²) in [5.74, 6) is 1.81. The second-order valence-corrected chi connectivity index (χ2v) is 4.96. The van der Waals surface area contributed by atoms with Crippen LogP contribution >= 0.6 is 0 Å². The van der Waals surface area contributed by atoms with Crippen LogP contribution in [-0.4, -0.2) is 30.4 Å². The van der Waals surface area contributed by atoms with Crippen LogP contribution in [0.4, 0.5) is 0 Å². The van der Waals surface area contributed by atoms with E-state index in [2.05, 4.69) is 6.92 Å². The van der Waals surface area contributed by atoms with Gasteiger partial charge >= 0.3 is 0 Å². The first-order valence-corrected chi connectivity index (χ1v) is 5.44. The lowest BCUT2D eigenvalue weighted by Crippen LogP contribution is -2.45. The molecule has 0 aromatic rings. The lowest BCUT2D eigenvalue weighted by Gasteiger charge is -2.23. The Morgan fingerprint density at radius 3 is 2.43 bits per heavy atom. The van der Waals surface area contributed by atoms with E-state index in [1.54, 1.807) is 4.90 Å². The molecule has 2 N–H and O–H groups in total. The first kappa shape index (κ1) is 11.5. The van der Waals surface area contributed by atoms with Gasteiger partial charge in [0, 0.05) is 13.6 Å². The van der Waals surface area contributed by atoms with Crippen molar-refractivity contribution < 1.29 is 4.79 Å². The predicted octanol–water partition coefficient (Wildman–Crippen LogP) is 1.08. The van der Waals surface area contributed by atoms with E-state index in [1.165, 1.54) is 6.42 Å². The molecule has 1 fully saturated rings. The highest BCUT2D eigenvalue weighted by molar-refractivity contribution is 5.81. The highest BCUT2D eigenvalue weighted by atomic mass is 16.2. The fourth-order valence-electron chi connectivity index (χ4n) is 1.63. The van der Waals surface area contributed by atoms with E-state index in [-0.39, 0.29) is 17.9 Å². The molecule has 1 saturated carbocycles. The van der Waals surface area contributed by atoms with E-state index in [0.29, 0.717) is 5.92 Å². The Kier molecular flexibility index (Phi) is 3.53. The van der Waals surface area contributed by atoms with Crippen molar-refractivity contribution in [2.75, 3.05) is 13.6 Å².